The Hall–Kier alpha value is -2.94. The third-order valence-electron chi connectivity index (χ3n) is 3.14. The summed E-state index contributed by atoms with van der Waals surface area (Å²) in [7, 11) is 0. The van der Waals surface area contributed by atoms with Gasteiger partial charge in [0, 0.05) is 6.08 Å². The standard InChI is InChI=1S/C15H13N3O3/c1-10-15(21)17-13(19)9-18(10)14(20)6-5-11-3-2-4-12(7-11)8-16/h2-7,10H,9H2,1H3,(H,17,19,21). The van der Waals surface area contributed by atoms with Crippen LogP contribution in [0.1, 0.15) is 18.1 Å². The van der Waals surface area contributed by atoms with Gasteiger partial charge in [0.05, 0.1) is 11.6 Å². The van der Waals surface area contributed by atoms with Gasteiger partial charge in [0.1, 0.15) is 12.6 Å². The van der Waals surface area contributed by atoms with E-state index < -0.39 is 23.8 Å². The monoisotopic (exact) mass is 283 g/mol. The van der Waals surface area contributed by atoms with Crippen molar-refractivity contribution >= 4 is 23.8 Å². The van der Waals surface area contributed by atoms with Crippen molar-refractivity contribution in [1.29, 1.82) is 5.26 Å². The van der Waals surface area contributed by atoms with Crippen LogP contribution in [-0.4, -0.2) is 35.2 Å². The Morgan fingerprint density at radius 2 is 2.24 bits per heavy atom. The van der Waals surface area contributed by atoms with Crippen LogP contribution < -0.4 is 5.32 Å². The predicted octanol–water partition coefficient (Wildman–Crippen LogP) is 0.445. The fourth-order valence-electron chi connectivity index (χ4n) is 1.96. The third kappa shape index (κ3) is 3.34. The molecule has 1 heterocycles. The van der Waals surface area contributed by atoms with Crippen molar-refractivity contribution in [2.24, 2.45) is 0 Å². The molecular formula is C15H13N3O3. The van der Waals surface area contributed by atoms with Gasteiger partial charge >= 0.3 is 0 Å². The number of carbonyl (C=O) groups is 3. The summed E-state index contributed by atoms with van der Waals surface area (Å²) in [5, 5.41) is 11.0. The minimum absolute atomic E-state index is 0.145. The average molecular weight is 283 g/mol. The van der Waals surface area contributed by atoms with Crippen LogP contribution in [0.2, 0.25) is 0 Å². The molecule has 0 spiro atoms. The smallest absolute Gasteiger partial charge is 0.249 e. The molecular weight excluding hydrogens is 270 g/mol. The molecule has 0 aliphatic carbocycles. The van der Waals surface area contributed by atoms with Crippen LogP contribution in [0, 0.1) is 11.3 Å². The molecule has 6 heteroatoms. The highest BCUT2D eigenvalue weighted by Gasteiger charge is 2.32. The molecule has 1 unspecified atom stereocenters. The summed E-state index contributed by atoms with van der Waals surface area (Å²) >= 11 is 0. The fourth-order valence-corrected chi connectivity index (χ4v) is 1.96. The summed E-state index contributed by atoms with van der Waals surface area (Å²) in [6.07, 6.45) is 2.84. The SMILES string of the molecule is CC1C(=O)NC(=O)CN1C(=O)C=Cc1cccc(C#N)c1. The first kappa shape index (κ1) is 14.5. The van der Waals surface area contributed by atoms with E-state index in [4.69, 9.17) is 5.26 Å². The molecule has 2 rings (SSSR count). The number of nitriles is 1. The first-order valence-corrected chi connectivity index (χ1v) is 6.34. The van der Waals surface area contributed by atoms with E-state index in [0.29, 0.717) is 11.1 Å². The maximum Gasteiger partial charge on any atom is 0.249 e. The van der Waals surface area contributed by atoms with Crippen LogP contribution in [-0.2, 0) is 14.4 Å². The lowest BCUT2D eigenvalue weighted by Gasteiger charge is -2.30. The van der Waals surface area contributed by atoms with Crippen molar-refractivity contribution in [2.75, 3.05) is 6.54 Å². The van der Waals surface area contributed by atoms with Crippen molar-refractivity contribution in [3.8, 4) is 6.07 Å². The van der Waals surface area contributed by atoms with Crippen LogP contribution in [0.5, 0.6) is 0 Å². The fraction of sp³-hybridized carbons (Fsp3) is 0.200. The summed E-state index contributed by atoms with van der Waals surface area (Å²) in [5.74, 6) is -1.40. The number of hydrogen-bond donors (Lipinski definition) is 1. The van der Waals surface area contributed by atoms with E-state index in [0.717, 1.165) is 0 Å². The molecule has 0 bridgehead atoms. The lowest BCUT2D eigenvalue weighted by Crippen LogP contribution is -2.58. The summed E-state index contributed by atoms with van der Waals surface area (Å²) in [4.78, 5) is 36.1. The number of nitrogens with zero attached hydrogens (tertiary/aromatic N) is 2. The molecule has 1 N–H and O–H groups in total. The molecule has 1 aliphatic rings. The van der Waals surface area contributed by atoms with Crippen molar-refractivity contribution in [3.05, 3.63) is 41.5 Å². The first-order chi connectivity index (χ1) is 10.0. The first-order valence-electron chi connectivity index (χ1n) is 6.34. The number of hydrogen-bond acceptors (Lipinski definition) is 4. The Labute approximate surface area is 121 Å². The van der Waals surface area contributed by atoms with Gasteiger partial charge in [-0.05, 0) is 30.7 Å². The molecule has 1 aliphatic heterocycles. The summed E-state index contributed by atoms with van der Waals surface area (Å²) in [5.41, 5.74) is 1.19. The summed E-state index contributed by atoms with van der Waals surface area (Å²) in [6, 6.07) is 8.09. The van der Waals surface area contributed by atoms with E-state index in [1.807, 2.05) is 6.07 Å². The second kappa shape index (κ2) is 6.01. The Bertz CT molecular complexity index is 673. The van der Waals surface area contributed by atoms with Gasteiger partial charge in [-0.2, -0.15) is 5.26 Å². The normalized spacial score (nSPS) is 18.5. The minimum Gasteiger partial charge on any atom is -0.318 e. The number of amides is 3. The molecule has 0 aromatic heterocycles. The quantitative estimate of drug-likeness (QED) is 0.630. The Morgan fingerprint density at radius 3 is 2.95 bits per heavy atom. The second-order valence-corrected chi connectivity index (χ2v) is 4.63. The zero-order chi connectivity index (χ0) is 15.4. The zero-order valence-electron chi connectivity index (χ0n) is 11.4. The van der Waals surface area contributed by atoms with Gasteiger partial charge in [0.25, 0.3) is 0 Å². The highest BCUT2D eigenvalue weighted by Crippen LogP contribution is 2.09. The largest absolute Gasteiger partial charge is 0.318 e. The lowest BCUT2D eigenvalue weighted by atomic mass is 10.1. The Morgan fingerprint density at radius 1 is 1.48 bits per heavy atom. The van der Waals surface area contributed by atoms with Crippen molar-refractivity contribution in [1.82, 2.24) is 10.2 Å². The van der Waals surface area contributed by atoms with Gasteiger partial charge in [-0.3, -0.25) is 19.7 Å². The van der Waals surface area contributed by atoms with E-state index >= 15 is 0 Å². The summed E-state index contributed by atoms with van der Waals surface area (Å²) < 4.78 is 0. The van der Waals surface area contributed by atoms with Gasteiger partial charge in [-0.15, -0.1) is 0 Å². The summed E-state index contributed by atoms with van der Waals surface area (Å²) in [6.45, 7) is 1.41. The predicted molar refractivity (Wildman–Crippen MR) is 74.5 cm³/mol. The van der Waals surface area contributed by atoms with Crippen LogP contribution >= 0.6 is 0 Å². The van der Waals surface area contributed by atoms with Crippen LogP contribution in [0.15, 0.2) is 30.3 Å². The number of piperazine rings is 1. The van der Waals surface area contributed by atoms with Crippen molar-refractivity contribution < 1.29 is 14.4 Å². The molecule has 1 saturated heterocycles. The maximum atomic E-state index is 12.1. The minimum atomic E-state index is -0.690. The topological polar surface area (TPSA) is 90.3 Å². The second-order valence-electron chi connectivity index (χ2n) is 4.63. The third-order valence-corrected chi connectivity index (χ3v) is 3.14. The molecule has 1 fully saturated rings. The van der Waals surface area contributed by atoms with Crippen LogP contribution in [0.25, 0.3) is 6.08 Å². The number of nitrogens with one attached hydrogen (secondary N) is 1. The highest BCUT2D eigenvalue weighted by atomic mass is 16.2. The number of benzene rings is 1. The van der Waals surface area contributed by atoms with Crippen molar-refractivity contribution in [2.45, 2.75) is 13.0 Å². The van der Waals surface area contributed by atoms with E-state index in [1.54, 1.807) is 37.3 Å². The highest BCUT2D eigenvalue weighted by molar-refractivity contribution is 6.06. The van der Waals surface area contributed by atoms with Gasteiger partial charge in [-0.25, -0.2) is 0 Å². The van der Waals surface area contributed by atoms with E-state index in [1.165, 1.54) is 11.0 Å². The Kier molecular flexibility index (Phi) is 4.14. The molecule has 106 valence electrons. The van der Waals surface area contributed by atoms with Crippen molar-refractivity contribution in [3.63, 3.8) is 0 Å². The molecule has 1 aromatic carbocycles. The van der Waals surface area contributed by atoms with E-state index in [9.17, 15) is 14.4 Å². The number of rotatable bonds is 2. The molecule has 6 nitrogen and oxygen atoms in total. The Balaban J connectivity index is 2.13. The van der Waals surface area contributed by atoms with Gasteiger partial charge in [0.2, 0.25) is 17.7 Å². The molecule has 3 amide bonds. The number of carbonyl (C=O) groups excluding carboxylic acids is 3. The molecule has 0 radical (unpaired) electrons. The zero-order valence-corrected chi connectivity index (χ0v) is 11.4. The van der Waals surface area contributed by atoms with E-state index in [2.05, 4.69) is 5.32 Å². The molecule has 1 atom stereocenters. The van der Waals surface area contributed by atoms with Gasteiger partial charge in [0.15, 0.2) is 0 Å². The number of imide groups is 1. The lowest BCUT2D eigenvalue weighted by molar-refractivity contribution is -0.147. The maximum absolute atomic E-state index is 12.1. The van der Waals surface area contributed by atoms with Crippen LogP contribution in [0.3, 0.4) is 0 Å². The molecule has 0 saturated carbocycles. The van der Waals surface area contributed by atoms with Crippen LogP contribution in [0.4, 0.5) is 0 Å². The van der Waals surface area contributed by atoms with E-state index in [-0.39, 0.29) is 6.54 Å². The van der Waals surface area contributed by atoms with Gasteiger partial charge in [-0.1, -0.05) is 12.1 Å². The average Bonchev–Trinajstić information content (AvgIpc) is 2.48. The molecule has 21 heavy (non-hydrogen) atoms. The molecule has 1 aromatic rings. The van der Waals surface area contributed by atoms with Gasteiger partial charge < -0.3 is 4.90 Å².